The molecule has 0 bridgehead atoms. The minimum atomic E-state index is -3.87. The molecule has 0 radical (unpaired) electrons. The summed E-state index contributed by atoms with van der Waals surface area (Å²) in [7, 11) is 1.32. The van der Waals surface area contributed by atoms with Crippen LogP contribution < -0.4 is 14.5 Å². The van der Waals surface area contributed by atoms with Crippen LogP contribution in [0, 0.1) is 0 Å². The van der Waals surface area contributed by atoms with Crippen molar-refractivity contribution in [2.75, 3.05) is 50.9 Å². The zero-order valence-corrected chi connectivity index (χ0v) is 23.7. The van der Waals surface area contributed by atoms with E-state index >= 15 is 0 Å². The standard InChI is InChI=1S/C28H36N2O5S2/c1-29(2)22-12-16-25(17-13-22)37(35-36(5,31)32,26-18-14-23(15-19-26)30(3)4)27-10-8-9-24(21-27)34-28-11-6-7-20-33-28/h8-10,12-19,21,28H,6-7,11,20H2,1-5H3. The van der Waals surface area contributed by atoms with Gasteiger partial charge in [-0.3, -0.25) is 0 Å². The zero-order valence-electron chi connectivity index (χ0n) is 22.1. The van der Waals surface area contributed by atoms with Gasteiger partial charge >= 0.3 is 0 Å². The van der Waals surface area contributed by atoms with Crippen LogP contribution in [0.4, 0.5) is 11.4 Å². The van der Waals surface area contributed by atoms with Crippen molar-refractivity contribution >= 4 is 31.8 Å². The molecule has 3 aromatic rings. The van der Waals surface area contributed by atoms with Crippen LogP contribution in [0.2, 0.25) is 0 Å². The minimum absolute atomic E-state index is 0.317. The molecule has 1 atom stereocenters. The molecule has 9 heteroatoms. The maximum Gasteiger partial charge on any atom is 0.274 e. The number of hydrogen-bond donors (Lipinski definition) is 0. The Balaban J connectivity index is 1.91. The molecule has 0 saturated carbocycles. The predicted octanol–water partition coefficient (Wildman–Crippen LogP) is 5.90. The Hall–Kier alpha value is -2.72. The van der Waals surface area contributed by atoms with Crippen LogP contribution in [0.25, 0.3) is 0 Å². The number of hydrogen-bond acceptors (Lipinski definition) is 7. The fourth-order valence-corrected chi connectivity index (χ4v) is 9.10. The van der Waals surface area contributed by atoms with Crippen molar-refractivity contribution < 1.29 is 21.5 Å². The maximum absolute atomic E-state index is 12.8. The first-order valence-corrected chi connectivity index (χ1v) is 15.6. The highest BCUT2D eigenvalue weighted by molar-refractivity contribution is 8.33. The molecule has 4 rings (SSSR count). The van der Waals surface area contributed by atoms with E-state index in [1.165, 1.54) is 0 Å². The lowest BCUT2D eigenvalue weighted by Gasteiger charge is -2.39. The highest BCUT2D eigenvalue weighted by Gasteiger charge is 2.37. The third-order valence-electron chi connectivity index (χ3n) is 6.14. The van der Waals surface area contributed by atoms with Crippen LogP contribution in [0.3, 0.4) is 0 Å². The van der Waals surface area contributed by atoms with Crippen molar-refractivity contribution in [2.45, 2.75) is 40.2 Å². The van der Waals surface area contributed by atoms with Crippen molar-refractivity contribution in [3.05, 3.63) is 72.8 Å². The van der Waals surface area contributed by atoms with Gasteiger partial charge in [0.25, 0.3) is 10.1 Å². The Labute approximate surface area is 222 Å². The third-order valence-corrected chi connectivity index (χ3v) is 10.7. The van der Waals surface area contributed by atoms with Gasteiger partial charge in [-0.1, -0.05) is 6.07 Å². The summed E-state index contributed by atoms with van der Waals surface area (Å²) in [5.41, 5.74) is 2.01. The van der Waals surface area contributed by atoms with Gasteiger partial charge in [-0.25, -0.2) is 3.63 Å². The number of anilines is 2. The highest BCUT2D eigenvalue weighted by Crippen LogP contribution is 2.70. The van der Waals surface area contributed by atoms with E-state index in [0.29, 0.717) is 12.4 Å². The van der Waals surface area contributed by atoms with E-state index in [0.717, 1.165) is 51.6 Å². The Bertz CT molecular complexity index is 1240. The molecule has 0 amide bonds. The lowest BCUT2D eigenvalue weighted by molar-refractivity contribution is -0.106. The van der Waals surface area contributed by atoms with E-state index in [-0.39, 0.29) is 6.29 Å². The van der Waals surface area contributed by atoms with Gasteiger partial charge in [-0.15, -0.1) is 0 Å². The second kappa shape index (κ2) is 11.3. The normalized spacial score (nSPS) is 16.7. The molecule has 1 aliphatic rings. The molecule has 0 aromatic heterocycles. The Morgan fingerprint density at radius 3 is 1.81 bits per heavy atom. The first kappa shape index (κ1) is 27.3. The number of benzene rings is 3. The Morgan fingerprint density at radius 1 is 0.784 bits per heavy atom. The van der Waals surface area contributed by atoms with E-state index in [9.17, 15) is 8.42 Å². The van der Waals surface area contributed by atoms with Crippen molar-refractivity contribution in [1.29, 1.82) is 0 Å². The largest absolute Gasteiger partial charge is 0.465 e. The second-order valence-electron chi connectivity index (χ2n) is 9.49. The minimum Gasteiger partial charge on any atom is -0.465 e. The SMILES string of the molecule is CN(C)c1ccc(S(OS(C)(=O)=O)(c2ccc(N(C)C)cc2)c2cccc(OC3CCCCO3)c2)cc1. The molecule has 7 nitrogen and oxygen atoms in total. The van der Waals surface area contributed by atoms with E-state index in [4.69, 9.17) is 13.1 Å². The zero-order chi connectivity index (χ0) is 26.6. The molecule has 37 heavy (non-hydrogen) atoms. The molecule has 1 fully saturated rings. The summed E-state index contributed by atoms with van der Waals surface area (Å²) in [5.74, 6) is 0.619. The van der Waals surface area contributed by atoms with Gasteiger partial charge in [0.15, 0.2) is 6.29 Å². The molecule has 1 aliphatic heterocycles. The highest BCUT2D eigenvalue weighted by atomic mass is 32.3. The van der Waals surface area contributed by atoms with Gasteiger partial charge < -0.3 is 19.3 Å². The molecule has 0 aliphatic carbocycles. The van der Waals surface area contributed by atoms with E-state index < -0.39 is 20.4 Å². The van der Waals surface area contributed by atoms with Gasteiger partial charge in [-0.2, -0.15) is 8.42 Å². The van der Waals surface area contributed by atoms with Crippen molar-refractivity contribution in [2.24, 2.45) is 0 Å². The quantitative estimate of drug-likeness (QED) is 0.332. The van der Waals surface area contributed by atoms with Crippen LogP contribution in [0.15, 0.2) is 87.5 Å². The van der Waals surface area contributed by atoms with E-state index in [1.54, 1.807) is 0 Å². The second-order valence-corrected chi connectivity index (χ2v) is 14.0. The summed E-state index contributed by atoms with van der Waals surface area (Å²) in [5, 5.41) is 0. The summed E-state index contributed by atoms with van der Waals surface area (Å²) < 4.78 is 43.8. The third kappa shape index (κ3) is 6.41. The summed E-state index contributed by atoms with van der Waals surface area (Å²) in [4.78, 5) is 6.27. The van der Waals surface area contributed by atoms with Gasteiger partial charge in [-0.05, 0) is 89.9 Å². The summed E-state index contributed by atoms with van der Waals surface area (Å²) in [6, 6.07) is 23.3. The van der Waals surface area contributed by atoms with Crippen molar-refractivity contribution in [3.8, 4) is 5.75 Å². The van der Waals surface area contributed by atoms with Gasteiger partial charge in [0, 0.05) is 60.7 Å². The smallest absolute Gasteiger partial charge is 0.274 e. The first-order valence-electron chi connectivity index (χ1n) is 12.3. The maximum atomic E-state index is 12.8. The van der Waals surface area contributed by atoms with Crippen molar-refractivity contribution in [3.63, 3.8) is 0 Å². The van der Waals surface area contributed by atoms with Gasteiger partial charge in [0.1, 0.15) is 5.75 Å². The van der Waals surface area contributed by atoms with Crippen LogP contribution >= 0.6 is 10.3 Å². The topological polar surface area (TPSA) is 68.3 Å². The summed E-state index contributed by atoms with van der Waals surface area (Å²) >= 11 is 0. The van der Waals surface area contributed by atoms with E-state index in [2.05, 4.69) is 0 Å². The van der Waals surface area contributed by atoms with Crippen LogP contribution in [0.5, 0.6) is 5.75 Å². The Kier molecular flexibility index (Phi) is 8.38. The van der Waals surface area contributed by atoms with Crippen LogP contribution in [0.1, 0.15) is 19.3 Å². The fourth-order valence-electron chi connectivity index (χ4n) is 4.27. The molecule has 1 unspecified atom stereocenters. The Morgan fingerprint density at radius 2 is 1.35 bits per heavy atom. The molecule has 3 aromatic carbocycles. The summed E-state index contributed by atoms with van der Waals surface area (Å²) in [6.07, 6.45) is 3.69. The number of ether oxygens (including phenoxy) is 2. The number of nitrogens with zero attached hydrogens (tertiary/aromatic N) is 2. The number of rotatable bonds is 9. The molecular formula is C28H36N2O5S2. The van der Waals surface area contributed by atoms with E-state index in [1.807, 2.05) is 111 Å². The molecule has 1 saturated heterocycles. The average molecular weight is 545 g/mol. The molecular weight excluding hydrogens is 508 g/mol. The molecule has 200 valence electrons. The summed E-state index contributed by atoms with van der Waals surface area (Å²) in [6.45, 7) is 0.674. The van der Waals surface area contributed by atoms with Crippen LogP contribution in [-0.4, -0.2) is 55.8 Å². The lowest BCUT2D eigenvalue weighted by atomic mass is 10.2. The van der Waals surface area contributed by atoms with Gasteiger partial charge in [0.2, 0.25) is 0 Å². The molecule has 1 heterocycles. The monoisotopic (exact) mass is 544 g/mol. The lowest BCUT2D eigenvalue weighted by Crippen LogP contribution is -2.25. The molecule has 0 N–H and O–H groups in total. The molecule has 0 spiro atoms. The average Bonchev–Trinajstić information content (AvgIpc) is 2.87. The fraction of sp³-hybridized carbons (Fsp3) is 0.357. The van der Waals surface area contributed by atoms with Crippen molar-refractivity contribution in [1.82, 2.24) is 0 Å². The predicted molar refractivity (Wildman–Crippen MR) is 151 cm³/mol. The first-order chi connectivity index (χ1) is 17.6. The van der Waals surface area contributed by atoms with Gasteiger partial charge in [0.05, 0.1) is 12.9 Å². The van der Waals surface area contributed by atoms with Crippen LogP contribution in [-0.2, 0) is 18.5 Å².